The maximum absolute atomic E-state index is 13.0. The first-order valence-electron chi connectivity index (χ1n) is 12.8. The predicted molar refractivity (Wildman–Crippen MR) is 144 cm³/mol. The number of rotatable bonds is 15. The molecule has 0 saturated carbocycles. The Hall–Kier alpha value is -3.10. The highest BCUT2D eigenvalue weighted by atomic mass is 16.5. The number of hydrogen-bond donors (Lipinski definition) is 5. The summed E-state index contributed by atoms with van der Waals surface area (Å²) in [6, 6.07) is 13.7. The van der Waals surface area contributed by atoms with Gasteiger partial charge in [0, 0.05) is 0 Å². The van der Waals surface area contributed by atoms with Crippen LogP contribution in [0.2, 0.25) is 0 Å². The van der Waals surface area contributed by atoms with Crippen molar-refractivity contribution in [2.45, 2.75) is 82.9 Å². The first-order chi connectivity index (χ1) is 17.5. The molecular formula is C29H42N2O6. The molecule has 2 aromatic rings. The Kier molecular flexibility index (Phi) is 11.4. The van der Waals surface area contributed by atoms with Crippen molar-refractivity contribution >= 4 is 11.9 Å². The topological polar surface area (TPSA) is 128 Å². The zero-order valence-electron chi connectivity index (χ0n) is 22.5. The molecule has 0 heterocycles. The molecule has 37 heavy (non-hydrogen) atoms. The first kappa shape index (κ1) is 30.1. The fourth-order valence-electron chi connectivity index (χ4n) is 4.43. The number of phenolic OH excluding ortho intramolecular Hbond substituents is 1. The molecule has 3 unspecified atom stereocenters. The van der Waals surface area contributed by atoms with Gasteiger partial charge < -0.3 is 30.7 Å². The van der Waals surface area contributed by atoms with Crippen LogP contribution in [0, 0.1) is 0 Å². The van der Waals surface area contributed by atoms with Gasteiger partial charge in [-0.1, -0.05) is 57.2 Å². The largest absolute Gasteiger partial charge is 0.504 e. The van der Waals surface area contributed by atoms with Crippen molar-refractivity contribution in [1.29, 1.82) is 0 Å². The van der Waals surface area contributed by atoms with Gasteiger partial charge in [0.25, 0.3) is 0 Å². The van der Waals surface area contributed by atoms with Crippen LogP contribution in [0.25, 0.3) is 0 Å². The average Bonchev–Trinajstić information content (AvgIpc) is 2.86. The number of benzene rings is 2. The van der Waals surface area contributed by atoms with Gasteiger partial charge in [0.2, 0.25) is 5.91 Å². The maximum atomic E-state index is 13.0. The van der Waals surface area contributed by atoms with Crippen LogP contribution in [-0.2, 0) is 15.0 Å². The third kappa shape index (κ3) is 9.05. The molecule has 0 fully saturated rings. The molecule has 204 valence electrons. The molecule has 4 atom stereocenters. The summed E-state index contributed by atoms with van der Waals surface area (Å²) in [4.78, 5) is 24.4. The van der Waals surface area contributed by atoms with Crippen LogP contribution in [0.5, 0.6) is 11.5 Å². The van der Waals surface area contributed by atoms with Crippen LogP contribution in [0.3, 0.4) is 0 Å². The number of aliphatic carboxylic acids is 1. The molecule has 2 rings (SSSR count). The molecular weight excluding hydrogens is 472 g/mol. The zero-order chi connectivity index (χ0) is 27.6. The molecule has 8 nitrogen and oxygen atoms in total. The van der Waals surface area contributed by atoms with Gasteiger partial charge >= 0.3 is 5.97 Å². The maximum Gasteiger partial charge on any atom is 0.305 e. The Morgan fingerprint density at radius 3 is 2.35 bits per heavy atom. The molecule has 0 aliphatic rings. The number of ether oxygens (including phenoxy) is 1. The number of phenols is 1. The van der Waals surface area contributed by atoms with Crippen molar-refractivity contribution in [2.75, 3.05) is 13.7 Å². The smallest absolute Gasteiger partial charge is 0.305 e. The number of methoxy groups -OCH3 is 1. The second-order valence-electron chi connectivity index (χ2n) is 10.2. The fourth-order valence-corrected chi connectivity index (χ4v) is 4.43. The van der Waals surface area contributed by atoms with Crippen molar-refractivity contribution < 1.29 is 29.6 Å². The highest BCUT2D eigenvalue weighted by Crippen LogP contribution is 2.34. The molecule has 0 bridgehead atoms. The van der Waals surface area contributed by atoms with Crippen LogP contribution in [0.15, 0.2) is 48.5 Å². The molecule has 2 aromatic carbocycles. The third-order valence-electron chi connectivity index (χ3n) is 7.03. The van der Waals surface area contributed by atoms with E-state index in [-0.39, 0.29) is 23.5 Å². The van der Waals surface area contributed by atoms with E-state index in [0.29, 0.717) is 25.1 Å². The predicted octanol–water partition coefficient (Wildman–Crippen LogP) is 3.95. The lowest BCUT2D eigenvalue weighted by Crippen LogP contribution is -2.51. The van der Waals surface area contributed by atoms with Crippen molar-refractivity contribution in [1.82, 2.24) is 10.6 Å². The van der Waals surface area contributed by atoms with Gasteiger partial charge in [0.15, 0.2) is 11.5 Å². The molecule has 0 radical (unpaired) electrons. The number of amides is 1. The van der Waals surface area contributed by atoms with Gasteiger partial charge in [0.1, 0.15) is 0 Å². The van der Waals surface area contributed by atoms with E-state index in [2.05, 4.69) is 17.6 Å². The van der Waals surface area contributed by atoms with E-state index >= 15 is 0 Å². The van der Waals surface area contributed by atoms with Crippen LogP contribution in [-0.4, -0.2) is 59.0 Å². The highest BCUT2D eigenvalue weighted by molar-refractivity contribution is 5.86. The Morgan fingerprint density at radius 2 is 1.78 bits per heavy atom. The first-order valence-corrected chi connectivity index (χ1v) is 12.8. The van der Waals surface area contributed by atoms with E-state index in [9.17, 15) is 24.9 Å². The Morgan fingerprint density at radius 1 is 1.11 bits per heavy atom. The Labute approximate surface area is 220 Å². The highest BCUT2D eigenvalue weighted by Gasteiger charge is 2.28. The van der Waals surface area contributed by atoms with Gasteiger partial charge in [0.05, 0.1) is 31.7 Å². The lowest BCUT2D eigenvalue weighted by Gasteiger charge is -2.28. The Bertz CT molecular complexity index is 1010. The van der Waals surface area contributed by atoms with E-state index in [1.165, 1.54) is 7.11 Å². The number of carbonyl (C=O) groups excluding carboxylic acids is 1. The number of carboxylic acids is 1. The van der Waals surface area contributed by atoms with Crippen LogP contribution < -0.4 is 15.4 Å². The summed E-state index contributed by atoms with van der Waals surface area (Å²) in [5.74, 6) is -0.949. The second-order valence-corrected chi connectivity index (χ2v) is 10.2. The lowest BCUT2D eigenvalue weighted by atomic mass is 9.81. The van der Waals surface area contributed by atoms with Crippen LogP contribution >= 0.6 is 0 Å². The van der Waals surface area contributed by atoms with Crippen molar-refractivity contribution in [3.05, 3.63) is 59.7 Å². The minimum Gasteiger partial charge on any atom is -0.504 e. The van der Waals surface area contributed by atoms with E-state index in [4.69, 9.17) is 4.74 Å². The van der Waals surface area contributed by atoms with Crippen LogP contribution in [0.1, 0.15) is 70.4 Å². The van der Waals surface area contributed by atoms with Crippen molar-refractivity contribution in [3.8, 4) is 11.5 Å². The zero-order valence-corrected chi connectivity index (χ0v) is 22.5. The number of hydrogen-bond acceptors (Lipinski definition) is 6. The summed E-state index contributed by atoms with van der Waals surface area (Å²) in [5.41, 5.74) is 1.69. The van der Waals surface area contributed by atoms with Gasteiger partial charge in [-0.15, -0.1) is 0 Å². The van der Waals surface area contributed by atoms with E-state index in [1.807, 2.05) is 50.2 Å². The van der Waals surface area contributed by atoms with Gasteiger partial charge in [-0.3, -0.25) is 9.59 Å². The average molecular weight is 515 g/mol. The molecule has 0 spiro atoms. The summed E-state index contributed by atoms with van der Waals surface area (Å²) < 4.78 is 5.11. The van der Waals surface area contributed by atoms with E-state index < -0.39 is 30.1 Å². The van der Waals surface area contributed by atoms with E-state index in [1.54, 1.807) is 19.1 Å². The summed E-state index contributed by atoms with van der Waals surface area (Å²) in [7, 11) is 1.49. The summed E-state index contributed by atoms with van der Waals surface area (Å²) in [5, 5.41) is 36.1. The number of aliphatic hydroxyl groups is 1. The van der Waals surface area contributed by atoms with E-state index in [0.717, 1.165) is 17.5 Å². The number of carboxylic acid groups (broad SMARTS) is 1. The molecule has 0 saturated heterocycles. The number of aliphatic hydroxyl groups excluding tert-OH is 1. The summed E-state index contributed by atoms with van der Waals surface area (Å²) >= 11 is 0. The normalized spacial score (nSPS) is 14.9. The summed E-state index contributed by atoms with van der Waals surface area (Å²) in [6.45, 7) is 8.20. The number of carbonyl (C=O) groups is 2. The SMILES string of the molecule is CCC(CC(O)C(C)NC(=O)[C@H](CC(=O)O)NCCC(C)(C)c1ccc(OC)c(O)c1)c1ccccc1. The molecule has 0 aromatic heterocycles. The minimum absolute atomic E-state index is 0.0503. The quantitative estimate of drug-likeness (QED) is 0.243. The fraction of sp³-hybridized carbons (Fsp3) is 0.517. The monoisotopic (exact) mass is 514 g/mol. The van der Waals surface area contributed by atoms with Crippen molar-refractivity contribution in [3.63, 3.8) is 0 Å². The molecule has 5 N–H and O–H groups in total. The Balaban J connectivity index is 1.97. The minimum atomic E-state index is -1.09. The standard InChI is InChI=1S/C29H42N2O6/c1-6-20(21-10-8-7-9-11-21)16-24(32)19(2)31-28(36)23(18-27(34)35)30-15-14-29(3,4)22-12-13-26(37-5)25(33)17-22/h7-13,17,19-20,23-24,30,32-33H,6,14-16,18H2,1-5H3,(H,31,36)(H,34,35)/t19?,20?,23-,24?/m0/s1. The molecule has 8 heteroatoms. The van der Waals surface area contributed by atoms with Gasteiger partial charge in [-0.25, -0.2) is 0 Å². The van der Waals surface area contributed by atoms with Crippen LogP contribution in [0.4, 0.5) is 0 Å². The molecule has 1 amide bonds. The number of aromatic hydroxyl groups is 1. The second kappa shape index (κ2) is 14.0. The van der Waals surface area contributed by atoms with Crippen molar-refractivity contribution in [2.24, 2.45) is 0 Å². The number of nitrogens with one attached hydrogen (secondary N) is 2. The lowest BCUT2D eigenvalue weighted by molar-refractivity contribution is -0.140. The molecule has 0 aliphatic heterocycles. The summed E-state index contributed by atoms with van der Waals surface area (Å²) in [6.07, 6.45) is 0.783. The van der Waals surface area contributed by atoms with Gasteiger partial charge in [-0.05, 0) is 67.3 Å². The van der Waals surface area contributed by atoms with Gasteiger partial charge in [-0.2, -0.15) is 0 Å². The third-order valence-corrected chi connectivity index (χ3v) is 7.03. The molecule has 0 aliphatic carbocycles.